The maximum Gasteiger partial charge on any atom is 0.406 e. The van der Waals surface area contributed by atoms with Crippen molar-refractivity contribution < 1.29 is 54.9 Å². The van der Waals surface area contributed by atoms with Gasteiger partial charge in [-0.15, -0.1) is 0 Å². The number of ether oxygens (including phenoxy) is 3. The first-order valence-corrected chi connectivity index (χ1v) is 15.1. The summed E-state index contributed by atoms with van der Waals surface area (Å²) >= 11 is -4.15. The molecule has 2 aromatic carbocycles. The summed E-state index contributed by atoms with van der Waals surface area (Å²) < 4.78 is 91.6. The van der Waals surface area contributed by atoms with E-state index in [1.807, 2.05) is 24.3 Å². The summed E-state index contributed by atoms with van der Waals surface area (Å²) in [4.78, 5) is 40.0. The van der Waals surface area contributed by atoms with E-state index in [1.165, 1.54) is 0 Å². The lowest BCUT2D eigenvalue weighted by Crippen LogP contribution is -2.50. The van der Waals surface area contributed by atoms with Crippen LogP contribution in [0.1, 0.15) is 53.4 Å². The Morgan fingerprint density at radius 3 is 1.98 bits per heavy atom. The normalized spacial score (nSPS) is 33.9. The van der Waals surface area contributed by atoms with Crippen LogP contribution in [0.15, 0.2) is 48.5 Å². The molecule has 8 nitrogen and oxygen atoms in total. The first kappa shape index (κ1) is 28.5. The van der Waals surface area contributed by atoms with Crippen molar-refractivity contribution in [1.29, 1.82) is 0 Å². The summed E-state index contributed by atoms with van der Waals surface area (Å²) in [6.45, 7) is -1.18. The van der Waals surface area contributed by atoms with Gasteiger partial charge in [-0.05, 0) is 35.1 Å². The smallest absolute Gasteiger partial charge is 0.406 e. The zero-order chi connectivity index (χ0) is 30.4. The molecule has 1 heterocycles. The Hall–Kier alpha value is -3.32. The monoisotopic (exact) mass is 622 g/mol. The maximum atomic E-state index is 14.1. The Morgan fingerprint density at radius 2 is 1.44 bits per heavy atom. The highest BCUT2D eigenvalue weighted by atomic mass is 32.2. The number of esters is 3. The van der Waals surface area contributed by atoms with Gasteiger partial charge in [-0.25, -0.2) is 4.21 Å². The van der Waals surface area contributed by atoms with Crippen molar-refractivity contribution in [2.24, 2.45) is 29.6 Å². The summed E-state index contributed by atoms with van der Waals surface area (Å²) in [7, 11) is 0. The lowest BCUT2D eigenvalue weighted by molar-refractivity contribution is -0.180. The molecule has 2 aromatic rings. The minimum atomic E-state index is -5.25. The van der Waals surface area contributed by atoms with Crippen molar-refractivity contribution in [3.8, 4) is 0 Å². The van der Waals surface area contributed by atoms with Crippen LogP contribution in [-0.2, 0) is 39.7 Å². The second-order valence-electron chi connectivity index (χ2n) is 12.0. The second kappa shape index (κ2) is 9.85. The van der Waals surface area contributed by atoms with Crippen molar-refractivity contribution in [1.82, 2.24) is 0 Å². The van der Waals surface area contributed by atoms with E-state index in [-0.39, 0.29) is 23.7 Å². The van der Waals surface area contributed by atoms with Gasteiger partial charge in [0.05, 0.1) is 30.8 Å². The van der Waals surface area contributed by atoms with Crippen LogP contribution in [-0.4, -0.2) is 56.7 Å². The van der Waals surface area contributed by atoms with Crippen molar-refractivity contribution in [2.45, 2.75) is 54.5 Å². The Bertz CT molecular complexity index is 1500. The molecule has 0 amide bonds. The highest BCUT2D eigenvalue weighted by Crippen LogP contribution is 2.60. The minimum absolute atomic E-state index is 0.0339. The van der Waals surface area contributed by atoms with E-state index >= 15 is 0 Å². The van der Waals surface area contributed by atoms with Crippen LogP contribution in [0.5, 0.6) is 0 Å². The predicted molar refractivity (Wildman–Crippen MR) is 139 cm³/mol. The van der Waals surface area contributed by atoms with Gasteiger partial charge in [-0.2, -0.15) is 17.6 Å². The fourth-order valence-corrected chi connectivity index (χ4v) is 8.53. The molecule has 1 aliphatic heterocycles. The van der Waals surface area contributed by atoms with Gasteiger partial charge < -0.3 is 18.8 Å². The van der Waals surface area contributed by atoms with E-state index in [0.29, 0.717) is 12.8 Å². The molecular formula is C30H26F4O8S. The lowest BCUT2D eigenvalue weighted by atomic mass is 9.54. The third-order valence-electron chi connectivity index (χ3n) is 9.95. The molecule has 4 bridgehead atoms. The standard InChI is InChI=1S/C30H26F4O8S/c31-29(32,30(33,34)43(38)39)9-10-40-27(36)22-20-14-5-1-3-7-16(14)21(17-8-4-2-6-15(17)20)23(22)28(37)41-24-13-11-18-19(12-13)26(35)42-25(18)24/h1-8,13,18-25H,9-12H2,(H,38,39). The average molecular weight is 623 g/mol. The number of halogens is 4. The molecule has 8 atom stereocenters. The van der Waals surface area contributed by atoms with E-state index < -0.39 is 83.1 Å². The average Bonchev–Trinajstić information content (AvgIpc) is 3.62. The molecule has 3 fully saturated rings. The Kier molecular flexibility index (Phi) is 6.52. The maximum absolute atomic E-state index is 14.1. The molecular weight excluding hydrogens is 596 g/mol. The molecule has 0 aromatic heterocycles. The predicted octanol–water partition coefficient (Wildman–Crippen LogP) is 4.39. The second-order valence-corrected chi connectivity index (χ2v) is 13.0. The van der Waals surface area contributed by atoms with Crippen LogP contribution in [0.2, 0.25) is 0 Å². The van der Waals surface area contributed by atoms with Crippen LogP contribution in [0.4, 0.5) is 17.6 Å². The summed E-state index contributed by atoms with van der Waals surface area (Å²) in [6, 6.07) is 14.5. The third kappa shape index (κ3) is 4.10. The largest absolute Gasteiger partial charge is 0.465 e. The van der Waals surface area contributed by atoms with Crippen LogP contribution in [0.25, 0.3) is 0 Å². The fourth-order valence-electron chi connectivity index (χ4n) is 8.17. The van der Waals surface area contributed by atoms with Gasteiger partial charge in [0.2, 0.25) is 11.1 Å². The number of carbonyl (C=O) groups excluding carboxylic acids is 3. The number of alkyl halides is 4. The van der Waals surface area contributed by atoms with Gasteiger partial charge in [0.1, 0.15) is 12.2 Å². The molecule has 6 aliphatic rings. The van der Waals surface area contributed by atoms with Crippen molar-refractivity contribution in [3.63, 3.8) is 0 Å². The minimum Gasteiger partial charge on any atom is -0.465 e. The number of hydrogen-bond donors (Lipinski definition) is 1. The highest BCUT2D eigenvalue weighted by molar-refractivity contribution is 7.80. The summed E-state index contributed by atoms with van der Waals surface area (Å²) in [5.41, 5.74) is 3.10. The van der Waals surface area contributed by atoms with Crippen LogP contribution in [0.3, 0.4) is 0 Å². The Labute approximate surface area is 245 Å². The summed E-state index contributed by atoms with van der Waals surface area (Å²) in [6.07, 6.45) is -1.72. The van der Waals surface area contributed by atoms with E-state index in [0.717, 1.165) is 22.3 Å². The van der Waals surface area contributed by atoms with Gasteiger partial charge in [-0.1, -0.05) is 48.5 Å². The molecule has 43 heavy (non-hydrogen) atoms. The zero-order valence-corrected chi connectivity index (χ0v) is 23.2. The molecule has 2 saturated carbocycles. The topological polar surface area (TPSA) is 116 Å². The van der Waals surface area contributed by atoms with E-state index in [1.54, 1.807) is 24.3 Å². The van der Waals surface area contributed by atoms with E-state index in [4.69, 9.17) is 18.8 Å². The first-order chi connectivity index (χ1) is 20.4. The Morgan fingerprint density at radius 1 is 0.907 bits per heavy atom. The SMILES string of the molecule is O=C1OC2C3CC(CC13)C2OC(=O)C1C2c3ccccc3C(c3ccccc32)C1C(=O)OCCC(F)(F)C(F)(F)S(=O)O. The molecule has 1 saturated heterocycles. The molecule has 228 valence electrons. The molecule has 8 unspecified atom stereocenters. The van der Waals surface area contributed by atoms with Gasteiger partial charge in [0.15, 0.2) is 0 Å². The molecule has 5 aliphatic carbocycles. The number of benzene rings is 2. The molecule has 0 radical (unpaired) electrons. The number of carbonyl (C=O) groups is 3. The summed E-state index contributed by atoms with van der Waals surface area (Å²) in [5.74, 6) is -11.1. The zero-order valence-electron chi connectivity index (χ0n) is 22.4. The van der Waals surface area contributed by atoms with Gasteiger partial charge in [-0.3, -0.25) is 14.4 Å². The van der Waals surface area contributed by atoms with Crippen molar-refractivity contribution in [3.05, 3.63) is 70.8 Å². The first-order valence-electron chi connectivity index (χ1n) is 14.0. The van der Waals surface area contributed by atoms with E-state index in [9.17, 15) is 36.2 Å². The van der Waals surface area contributed by atoms with Crippen molar-refractivity contribution >= 4 is 29.0 Å². The molecule has 8 rings (SSSR count). The number of rotatable bonds is 8. The van der Waals surface area contributed by atoms with Crippen LogP contribution in [0, 0.1) is 29.6 Å². The lowest BCUT2D eigenvalue weighted by Gasteiger charge is -2.48. The van der Waals surface area contributed by atoms with E-state index in [2.05, 4.69) is 0 Å². The fraction of sp³-hybridized carbons (Fsp3) is 0.500. The highest BCUT2D eigenvalue weighted by Gasteiger charge is 2.65. The van der Waals surface area contributed by atoms with Crippen LogP contribution >= 0.6 is 0 Å². The number of fused-ring (bicyclic) bond motifs is 2. The number of hydrogen-bond acceptors (Lipinski definition) is 7. The Balaban J connectivity index is 1.21. The molecule has 0 spiro atoms. The molecule has 1 N–H and O–H groups in total. The quantitative estimate of drug-likeness (QED) is 0.200. The van der Waals surface area contributed by atoms with Gasteiger partial charge in [0, 0.05) is 23.7 Å². The van der Waals surface area contributed by atoms with Crippen LogP contribution < -0.4 is 0 Å². The molecule has 13 heteroatoms. The van der Waals surface area contributed by atoms with Gasteiger partial charge in [0.25, 0.3) is 0 Å². The van der Waals surface area contributed by atoms with Gasteiger partial charge >= 0.3 is 29.1 Å². The third-order valence-corrected chi connectivity index (χ3v) is 10.7. The van der Waals surface area contributed by atoms with Crippen molar-refractivity contribution in [2.75, 3.05) is 6.61 Å². The summed E-state index contributed by atoms with van der Waals surface area (Å²) in [5, 5.41) is -5.25.